The molecule has 24 heavy (non-hydrogen) atoms. The van der Waals surface area contributed by atoms with Gasteiger partial charge in [-0.15, -0.1) is 0 Å². The normalized spacial score (nSPS) is 9.46. The average molecular weight is 340 g/mol. The van der Waals surface area contributed by atoms with Gasteiger partial charge in [-0.2, -0.15) is 0 Å². The van der Waals surface area contributed by atoms with E-state index in [1.165, 1.54) is 5.56 Å². The molecule has 0 bridgehead atoms. The third-order valence-corrected chi connectivity index (χ3v) is 2.95. The minimum Gasteiger partial charge on any atom is -0.481 e. The molecular formula is C17H33BN2O4. The van der Waals surface area contributed by atoms with E-state index < -0.39 is 13.1 Å². The van der Waals surface area contributed by atoms with Crippen LogP contribution in [0.15, 0.2) is 30.3 Å². The van der Waals surface area contributed by atoms with Crippen LogP contribution < -0.4 is 5.73 Å². The SMILES string of the molecule is CC(=O)O.CCCCB(O)O.CN(CCN)CCc1ccccc1. The minimum absolute atomic E-state index is 0.510. The first-order chi connectivity index (χ1) is 11.3. The second kappa shape index (κ2) is 17.9. The maximum absolute atomic E-state index is 9.00. The molecular weight excluding hydrogens is 307 g/mol. The Bertz CT molecular complexity index is 387. The number of likely N-dealkylation sites (N-methyl/N-ethyl adjacent to an activating group) is 1. The van der Waals surface area contributed by atoms with Crippen LogP contribution in [-0.2, 0) is 11.2 Å². The van der Waals surface area contributed by atoms with Crippen molar-refractivity contribution in [3.63, 3.8) is 0 Å². The summed E-state index contributed by atoms with van der Waals surface area (Å²) in [6, 6.07) is 10.5. The Hall–Kier alpha value is -1.41. The van der Waals surface area contributed by atoms with E-state index in [9.17, 15) is 0 Å². The highest BCUT2D eigenvalue weighted by Gasteiger charge is 2.02. The molecule has 1 aromatic carbocycles. The number of hydrogen-bond acceptors (Lipinski definition) is 5. The van der Waals surface area contributed by atoms with E-state index in [2.05, 4.69) is 36.2 Å². The molecule has 138 valence electrons. The lowest BCUT2D eigenvalue weighted by Gasteiger charge is -2.14. The summed E-state index contributed by atoms with van der Waals surface area (Å²) < 4.78 is 0. The van der Waals surface area contributed by atoms with E-state index >= 15 is 0 Å². The summed E-state index contributed by atoms with van der Waals surface area (Å²) in [7, 11) is 1.01. The van der Waals surface area contributed by atoms with Gasteiger partial charge in [0.05, 0.1) is 0 Å². The number of unbranched alkanes of at least 4 members (excludes halogenated alkanes) is 1. The van der Waals surface area contributed by atoms with Crippen molar-refractivity contribution >= 4 is 13.1 Å². The molecule has 0 aliphatic rings. The van der Waals surface area contributed by atoms with Crippen molar-refractivity contribution < 1.29 is 19.9 Å². The van der Waals surface area contributed by atoms with Gasteiger partial charge < -0.3 is 25.8 Å². The number of rotatable bonds is 8. The van der Waals surface area contributed by atoms with Gasteiger partial charge in [0.25, 0.3) is 5.97 Å². The highest BCUT2D eigenvalue weighted by molar-refractivity contribution is 6.40. The lowest BCUT2D eigenvalue weighted by Crippen LogP contribution is -2.27. The van der Waals surface area contributed by atoms with E-state index in [4.69, 9.17) is 25.7 Å². The lowest BCUT2D eigenvalue weighted by molar-refractivity contribution is -0.134. The number of carboxylic acids is 1. The lowest BCUT2D eigenvalue weighted by atomic mass is 9.84. The van der Waals surface area contributed by atoms with E-state index in [1.807, 2.05) is 13.0 Å². The summed E-state index contributed by atoms with van der Waals surface area (Å²) in [5.74, 6) is -0.833. The average Bonchev–Trinajstić information content (AvgIpc) is 2.52. The third-order valence-electron chi connectivity index (χ3n) is 2.95. The number of nitrogens with two attached hydrogens (primary N) is 1. The fraction of sp³-hybridized carbons (Fsp3) is 0.588. The van der Waals surface area contributed by atoms with Gasteiger partial charge in [-0.05, 0) is 25.4 Å². The summed E-state index contributed by atoms with van der Waals surface area (Å²) in [5, 5.41) is 23.9. The van der Waals surface area contributed by atoms with E-state index in [0.29, 0.717) is 6.32 Å². The van der Waals surface area contributed by atoms with Crippen molar-refractivity contribution in [3.8, 4) is 0 Å². The number of hydrogen-bond donors (Lipinski definition) is 4. The maximum Gasteiger partial charge on any atom is 0.451 e. The fourth-order valence-electron chi connectivity index (χ4n) is 1.68. The molecule has 0 heterocycles. The molecule has 0 fully saturated rings. The van der Waals surface area contributed by atoms with Crippen molar-refractivity contribution in [2.75, 3.05) is 26.7 Å². The molecule has 0 aromatic heterocycles. The van der Waals surface area contributed by atoms with Crippen LogP contribution in [0, 0.1) is 0 Å². The van der Waals surface area contributed by atoms with Crippen molar-refractivity contribution in [1.82, 2.24) is 4.90 Å². The van der Waals surface area contributed by atoms with Crippen LogP contribution in [0.1, 0.15) is 32.3 Å². The molecule has 0 aliphatic heterocycles. The summed E-state index contributed by atoms with van der Waals surface area (Å²) in [4.78, 5) is 11.3. The smallest absolute Gasteiger partial charge is 0.451 e. The molecule has 7 heteroatoms. The van der Waals surface area contributed by atoms with E-state index in [0.717, 1.165) is 45.8 Å². The van der Waals surface area contributed by atoms with Crippen LogP contribution in [0.25, 0.3) is 0 Å². The van der Waals surface area contributed by atoms with Crippen molar-refractivity contribution in [2.45, 2.75) is 39.4 Å². The molecule has 1 aromatic rings. The number of aliphatic carboxylic acids is 1. The quantitative estimate of drug-likeness (QED) is 0.534. The third kappa shape index (κ3) is 22.9. The second-order valence-electron chi connectivity index (χ2n) is 5.47. The number of nitrogens with zero attached hydrogens (tertiary/aromatic N) is 1. The number of carbonyl (C=O) groups is 1. The molecule has 6 nitrogen and oxygen atoms in total. The Labute approximate surface area is 146 Å². The molecule has 0 saturated carbocycles. The van der Waals surface area contributed by atoms with Crippen molar-refractivity contribution in [3.05, 3.63) is 35.9 Å². The van der Waals surface area contributed by atoms with Gasteiger partial charge in [0.2, 0.25) is 0 Å². The topological polar surface area (TPSA) is 107 Å². The standard InChI is InChI=1S/C11H18N2.C4H11BO2.C2H4O2/c1-13(10-8-12)9-7-11-5-3-2-4-6-11;1-2-3-4-5(6)7;1-2(3)4/h2-6H,7-10,12H2,1H3;6-7H,2-4H2,1H3;1H3,(H,3,4). The van der Waals surface area contributed by atoms with Gasteiger partial charge in [0.1, 0.15) is 0 Å². The Kier molecular flexibility index (Phi) is 18.6. The molecule has 0 amide bonds. The molecule has 0 radical (unpaired) electrons. The minimum atomic E-state index is -1.10. The summed E-state index contributed by atoms with van der Waals surface area (Å²) >= 11 is 0. The molecule has 0 atom stereocenters. The summed E-state index contributed by atoms with van der Waals surface area (Å²) in [6.07, 6.45) is 3.54. The number of carboxylic acid groups (broad SMARTS) is 1. The van der Waals surface area contributed by atoms with Crippen LogP contribution in [0.2, 0.25) is 6.32 Å². The Morgan fingerprint density at radius 1 is 1.21 bits per heavy atom. The molecule has 0 saturated heterocycles. The van der Waals surface area contributed by atoms with Gasteiger partial charge in [-0.1, -0.05) is 50.1 Å². The van der Waals surface area contributed by atoms with Crippen LogP contribution in [-0.4, -0.2) is 59.8 Å². The zero-order valence-electron chi connectivity index (χ0n) is 15.2. The van der Waals surface area contributed by atoms with Gasteiger partial charge in [-0.3, -0.25) is 4.79 Å². The zero-order chi connectivity index (χ0) is 18.8. The first-order valence-corrected chi connectivity index (χ1v) is 8.31. The Morgan fingerprint density at radius 2 is 1.75 bits per heavy atom. The summed E-state index contributed by atoms with van der Waals surface area (Å²) in [6.45, 7) is 5.90. The Morgan fingerprint density at radius 3 is 2.12 bits per heavy atom. The van der Waals surface area contributed by atoms with Crippen molar-refractivity contribution in [2.24, 2.45) is 5.73 Å². The van der Waals surface area contributed by atoms with Gasteiger partial charge in [-0.25, -0.2) is 0 Å². The van der Waals surface area contributed by atoms with Gasteiger partial charge in [0, 0.05) is 26.6 Å². The molecule has 0 unspecified atom stereocenters. The first-order valence-electron chi connectivity index (χ1n) is 8.31. The predicted molar refractivity (Wildman–Crippen MR) is 99.9 cm³/mol. The van der Waals surface area contributed by atoms with E-state index in [1.54, 1.807) is 0 Å². The molecule has 0 aliphatic carbocycles. The second-order valence-corrected chi connectivity index (χ2v) is 5.47. The Balaban J connectivity index is 0. The molecule has 0 spiro atoms. The monoisotopic (exact) mass is 340 g/mol. The summed E-state index contributed by atoms with van der Waals surface area (Å²) in [5.41, 5.74) is 6.85. The van der Waals surface area contributed by atoms with Gasteiger partial charge in [0.15, 0.2) is 0 Å². The molecule has 1 rings (SSSR count). The van der Waals surface area contributed by atoms with Gasteiger partial charge >= 0.3 is 7.12 Å². The van der Waals surface area contributed by atoms with Crippen LogP contribution >= 0.6 is 0 Å². The highest BCUT2D eigenvalue weighted by atomic mass is 16.4. The predicted octanol–water partition coefficient (Wildman–Crippen LogP) is 1.47. The maximum atomic E-state index is 9.00. The highest BCUT2D eigenvalue weighted by Crippen LogP contribution is 1.99. The number of benzene rings is 1. The largest absolute Gasteiger partial charge is 0.481 e. The first kappa shape index (κ1) is 24.8. The van der Waals surface area contributed by atoms with Crippen LogP contribution in [0.3, 0.4) is 0 Å². The zero-order valence-corrected chi connectivity index (χ0v) is 15.2. The van der Waals surface area contributed by atoms with Crippen LogP contribution in [0.5, 0.6) is 0 Å². The van der Waals surface area contributed by atoms with Crippen molar-refractivity contribution in [1.29, 1.82) is 0 Å². The fourth-order valence-corrected chi connectivity index (χ4v) is 1.68. The molecule has 5 N–H and O–H groups in total. The van der Waals surface area contributed by atoms with E-state index in [-0.39, 0.29) is 0 Å². The van der Waals surface area contributed by atoms with Crippen LogP contribution in [0.4, 0.5) is 0 Å².